The molecule has 0 bridgehead atoms. The molecular formula is C27H29FN2O3S. The van der Waals surface area contributed by atoms with Crippen LogP contribution in [0, 0.1) is 5.82 Å². The number of thiophene rings is 1. The van der Waals surface area contributed by atoms with E-state index in [4.69, 9.17) is 4.74 Å². The van der Waals surface area contributed by atoms with E-state index < -0.39 is 0 Å². The first-order chi connectivity index (χ1) is 16.5. The van der Waals surface area contributed by atoms with Crippen molar-refractivity contribution in [3.05, 3.63) is 87.9 Å². The summed E-state index contributed by atoms with van der Waals surface area (Å²) in [6.45, 7) is 3.36. The van der Waals surface area contributed by atoms with Crippen LogP contribution in [0.25, 0.3) is 0 Å². The van der Waals surface area contributed by atoms with Crippen molar-refractivity contribution in [1.29, 1.82) is 0 Å². The number of hydrogen-bond acceptors (Lipinski definition) is 4. The predicted molar refractivity (Wildman–Crippen MR) is 131 cm³/mol. The van der Waals surface area contributed by atoms with Gasteiger partial charge >= 0.3 is 0 Å². The van der Waals surface area contributed by atoms with Crippen LogP contribution in [0.5, 0.6) is 5.75 Å². The maximum atomic E-state index is 13.6. The zero-order valence-corrected chi connectivity index (χ0v) is 20.1. The van der Waals surface area contributed by atoms with E-state index in [0.717, 1.165) is 24.0 Å². The molecule has 0 aliphatic carbocycles. The Labute approximate surface area is 203 Å². The molecule has 178 valence electrons. The number of rotatable bonds is 9. The minimum absolute atomic E-state index is 0.0371. The largest absolute Gasteiger partial charge is 0.491 e. The van der Waals surface area contributed by atoms with E-state index in [0.29, 0.717) is 18.8 Å². The van der Waals surface area contributed by atoms with Crippen molar-refractivity contribution in [2.24, 2.45) is 0 Å². The Morgan fingerprint density at radius 1 is 1.15 bits per heavy atom. The standard InChI is InChI=1S/C27H29FN2O3S/c1-2-13-29(26(31)16-20-7-4-3-5-8-20)18-27(32)30-14-11-25-23(12-15-34-25)24(30)19-33-22-10-6-9-21(28)17-22/h3-10,12,15,17,24H,2,11,13-14,16,18-19H2,1H3. The lowest BCUT2D eigenvalue weighted by molar-refractivity contribution is -0.142. The number of halogens is 1. The molecule has 1 aromatic heterocycles. The van der Waals surface area contributed by atoms with Crippen LogP contribution in [0.2, 0.25) is 0 Å². The molecule has 4 rings (SSSR count). The number of amides is 2. The van der Waals surface area contributed by atoms with E-state index in [2.05, 4.69) is 0 Å². The highest BCUT2D eigenvalue weighted by Crippen LogP contribution is 2.34. The van der Waals surface area contributed by atoms with Gasteiger partial charge in [0.15, 0.2) is 0 Å². The van der Waals surface area contributed by atoms with Gasteiger partial charge in [0.1, 0.15) is 18.2 Å². The molecule has 1 unspecified atom stereocenters. The zero-order chi connectivity index (χ0) is 23.9. The number of hydrogen-bond donors (Lipinski definition) is 0. The highest BCUT2D eigenvalue weighted by Gasteiger charge is 2.33. The fraction of sp³-hybridized carbons (Fsp3) is 0.333. The predicted octanol–water partition coefficient (Wildman–Crippen LogP) is 4.87. The molecular weight excluding hydrogens is 451 g/mol. The van der Waals surface area contributed by atoms with Crippen LogP contribution in [-0.4, -0.2) is 47.9 Å². The number of ether oxygens (including phenoxy) is 1. The third kappa shape index (κ3) is 5.83. The second-order valence-electron chi connectivity index (χ2n) is 8.40. The Hall–Kier alpha value is -3.19. The van der Waals surface area contributed by atoms with Crippen molar-refractivity contribution in [3.8, 4) is 5.75 Å². The summed E-state index contributed by atoms with van der Waals surface area (Å²) in [5.41, 5.74) is 2.00. The quantitative estimate of drug-likeness (QED) is 0.439. The lowest BCUT2D eigenvalue weighted by atomic mass is 10.0. The SMILES string of the molecule is CCCN(CC(=O)N1CCc2sccc2C1COc1cccc(F)c1)C(=O)Cc1ccccc1. The molecule has 2 heterocycles. The fourth-order valence-electron chi connectivity index (χ4n) is 4.30. The van der Waals surface area contributed by atoms with Crippen molar-refractivity contribution in [1.82, 2.24) is 9.80 Å². The van der Waals surface area contributed by atoms with E-state index >= 15 is 0 Å². The molecule has 0 saturated heterocycles. The summed E-state index contributed by atoms with van der Waals surface area (Å²) in [4.78, 5) is 31.2. The van der Waals surface area contributed by atoms with E-state index in [9.17, 15) is 14.0 Å². The number of nitrogens with zero attached hydrogens (tertiary/aromatic N) is 2. The van der Waals surface area contributed by atoms with Crippen molar-refractivity contribution in [2.75, 3.05) is 26.2 Å². The van der Waals surface area contributed by atoms with Crippen molar-refractivity contribution in [3.63, 3.8) is 0 Å². The zero-order valence-electron chi connectivity index (χ0n) is 19.3. The third-order valence-electron chi connectivity index (χ3n) is 5.99. The minimum Gasteiger partial charge on any atom is -0.491 e. The monoisotopic (exact) mass is 480 g/mol. The maximum Gasteiger partial charge on any atom is 0.242 e. The molecule has 0 fully saturated rings. The van der Waals surface area contributed by atoms with Crippen molar-refractivity contribution < 1.29 is 18.7 Å². The number of carbonyl (C=O) groups excluding carboxylic acids is 2. The summed E-state index contributed by atoms with van der Waals surface area (Å²) in [6.07, 6.45) is 1.82. The van der Waals surface area contributed by atoms with Crippen LogP contribution in [0.3, 0.4) is 0 Å². The van der Waals surface area contributed by atoms with Gasteiger partial charge in [0.25, 0.3) is 0 Å². The van der Waals surface area contributed by atoms with Gasteiger partial charge in [-0.25, -0.2) is 4.39 Å². The van der Waals surface area contributed by atoms with E-state index in [-0.39, 0.29) is 43.2 Å². The van der Waals surface area contributed by atoms with Crippen LogP contribution in [0.1, 0.15) is 35.4 Å². The first kappa shape index (κ1) is 24.0. The van der Waals surface area contributed by atoms with Gasteiger partial charge in [-0.2, -0.15) is 0 Å². The second-order valence-corrected chi connectivity index (χ2v) is 9.40. The Kier molecular flexibility index (Phi) is 7.95. The molecule has 2 aromatic carbocycles. The average Bonchev–Trinajstić information content (AvgIpc) is 3.32. The Morgan fingerprint density at radius 2 is 1.97 bits per heavy atom. The molecule has 3 aromatic rings. The lowest BCUT2D eigenvalue weighted by Gasteiger charge is -2.37. The summed E-state index contributed by atoms with van der Waals surface area (Å²) in [5.74, 6) is -0.0837. The van der Waals surface area contributed by atoms with Crippen molar-refractivity contribution >= 4 is 23.2 Å². The summed E-state index contributed by atoms with van der Waals surface area (Å²) in [5, 5.41) is 2.03. The molecule has 1 aliphatic rings. The first-order valence-corrected chi connectivity index (χ1v) is 12.5. The van der Waals surface area contributed by atoms with Crippen LogP contribution < -0.4 is 4.74 Å². The van der Waals surface area contributed by atoms with Gasteiger partial charge in [0.2, 0.25) is 11.8 Å². The highest BCUT2D eigenvalue weighted by atomic mass is 32.1. The Balaban J connectivity index is 1.48. The normalized spacial score (nSPS) is 15.0. The molecule has 0 spiro atoms. The highest BCUT2D eigenvalue weighted by molar-refractivity contribution is 7.10. The molecule has 7 heteroatoms. The molecule has 1 atom stereocenters. The molecule has 0 saturated carbocycles. The number of carbonyl (C=O) groups is 2. The minimum atomic E-state index is -0.363. The van der Waals surface area contributed by atoms with E-state index in [1.54, 1.807) is 28.4 Å². The van der Waals surface area contributed by atoms with Crippen LogP contribution in [-0.2, 0) is 22.4 Å². The molecule has 0 radical (unpaired) electrons. The van der Waals surface area contributed by atoms with Gasteiger partial charge in [0, 0.05) is 24.0 Å². The summed E-state index contributed by atoms with van der Waals surface area (Å²) in [6, 6.07) is 17.4. The van der Waals surface area contributed by atoms with E-state index in [1.807, 2.05) is 53.6 Å². The van der Waals surface area contributed by atoms with Gasteiger partial charge in [-0.05, 0) is 47.5 Å². The van der Waals surface area contributed by atoms with Gasteiger partial charge in [-0.15, -0.1) is 11.3 Å². The molecule has 5 nitrogen and oxygen atoms in total. The van der Waals surface area contributed by atoms with Gasteiger partial charge < -0.3 is 14.5 Å². The van der Waals surface area contributed by atoms with Crippen LogP contribution >= 0.6 is 11.3 Å². The summed E-state index contributed by atoms with van der Waals surface area (Å²) >= 11 is 1.68. The second kappa shape index (κ2) is 11.3. The lowest BCUT2D eigenvalue weighted by Crippen LogP contribution is -2.48. The fourth-order valence-corrected chi connectivity index (χ4v) is 5.23. The van der Waals surface area contributed by atoms with Crippen LogP contribution in [0.15, 0.2) is 66.0 Å². The molecule has 1 aliphatic heterocycles. The average molecular weight is 481 g/mol. The van der Waals surface area contributed by atoms with E-state index in [1.165, 1.54) is 17.0 Å². The summed E-state index contributed by atoms with van der Waals surface area (Å²) in [7, 11) is 0. The topological polar surface area (TPSA) is 49.9 Å². The van der Waals surface area contributed by atoms with Crippen LogP contribution in [0.4, 0.5) is 4.39 Å². The van der Waals surface area contributed by atoms with Crippen molar-refractivity contribution in [2.45, 2.75) is 32.2 Å². The van der Waals surface area contributed by atoms with Gasteiger partial charge in [0.05, 0.1) is 19.0 Å². The third-order valence-corrected chi connectivity index (χ3v) is 6.99. The van der Waals surface area contributed by atoms with Gasteiger partial charge in [-0.3, -0.25) is 9.59 Å². The smallest absolute Gasteiger partial charge is 0.242 e. The number of benzene rings is 2. The number of fused-ring (bicyclic) bond motifs is 1. The molecule has 0 N–H and O–H groups in total. The Morgan fingerprint density at radius 3 is 2.74 bits per heavy atom. The summed E-state index contributed by atoms with van der Waals surface area (Å²) < 4.78 is 19.5. The molecule has 2 amide bonds. The van der Waals surface area contributed by atoms with Gasteiger partial charge in [-0.1, -0.05) is 43.3 Å². The Bertz CT molecular complexity index is 1120. The maximum absolute atomic E-state index is 13.6. The first-order valence-electron chi connectivity index (χ1n) is 11.6. The molecule has 34 heavy (non-hydrogen) atoms.